The Kier molecular flexibility index (Phi) is 6.11. The van der Waals surface area contributed by atoms with E-state index in [2.05, 4.69) is 15.3 Å². The maximum atomic E-state index is 13.0. The van der Waals surface area contributed by atoms with Gasteiger partial charge < -0.3 is 5.32 Å². The van der Waals surface area contributed by atoms with Gasteiger partial charge in [0.05, 0.1) is 6.54 Å². The second kappa shape index (κ2) is 8.51. The third-order valence-electron chi connectivity index (χ3n) is 4.60. The Labute approximate surface area is 157 Å². The molecule has 1 N–H and O–H groups in total. The largest absolute Gasteiger partial charge is 0.308 e. The van der Waals surface area contributed by atoms with E-state index in [4.69, 9.17) is 0 Å². The Morgan fingerprint density at radius 3 is 2.85 bits per heavy atom. The Bertz CT molecular complexity index is 789. The molecule has 6 nitrogen and oxygen atoms in total. The molecule has 2 aromatic rings. The number of carbonyl (C=O) groups is 2. The second-order valence-corrected chi connectivity index (χ2v) is 7.41. The van der Waals surface area contributed by atoms with Gasteiger partial charge in [-0.1, -0.05) is 18.2 Å². The van der Waals surface area contributed by atoms with E-state index in [1.165, 1.54) is 0 Å². The van der Waals surface area contributed by atoms with Gasteiger partial charge in [-0.05, 0) is 31.7 Å². The Morgan fingerprint density at radius 1 is 1.31 bits per heavy atom. The second-order valence-electron chi connectivity index (χ2n) is 6.56. The summed E-state index contributed by atoms with van der Waals surface area (Å²) in [5.74, 6) is 0.585. The van der Waals surface area contributed by atoms with Crippen LogP contribution in [0.4, 0.5) is 5.82 Å². The highest BCUT2D eigenvalue weighted by atomic mass is 32.2. The molecule has 0 radical (unpaired) electrons. The first kappa shape index (κ1) is 18.7. The quantitative estimate of drug-likeness (QED) is 0.624. The number of ketones is 1. The number of Topliss-reactive ketones (excluding diaryl/α,β-unsaturated/α-hetero) is 1. The fourth-order valence-electron chi connectivity index (χ4n) is 3.35. The monoisotopic (exact) mass is 372 g/mol. The lowest BCUT2D eigenvalue weighted by atomic mass is 9.90. The van der Waals surface area contributed by atoms with E-state index in [-0.39, 0.29) is 24.2 Å². The lowest BCUT2D eigenvalue weighted by Gasteiger charge is -2.31. The summed E-state index contributed by atoms with van der Waals surface area (Å²) in [5, 5.41) is 6.96. The summed E-state index contributed by atoms with van der Waals surface area (Å²) in [6, 6.07) is 9.52. The van der Waals surface area contributed by atoms with Gasteiger partial charge in [-0.2, -0.15) is 5.10 Å². The van der Waals surface area contributed by atoms with Crippen molar-refractivity contribution in [3.05, 3.63) is 42.1 Å². The number of benzene rings is 1. The SMILES string of the molecule is CSc1ccccc1C(=O)[C@H]1CCCN(CC(=O)Nc2ccn(C)n2)C1. The molecule has 1 aromatic carbocycles. The number of carbonyl (C=O) groups excluding carboxylic acids is 2. The number of piperidine rings is 1. The molecule has 1 aliphatic heterocycles. The first-order valence-electron chi connectivity index (χ1n) is 8.76. The van der Waals surface area contributed by atoms with Gasteiger partial charge in [0.25, 0.3) is 0 Å². The van der Waals surface area contributed by atoms with Crippen molar-refractivity contribution in [3.63, 3.8) is 0 Å². The number of amides is 1. The van der Waals surface area contributed by atoms with Crippen LogP contribution in [0.5, 0.6) is 0 Å². The highest BCUT2D eigenvalue weighted by Crippen LogP contribution is 2.26. The molecule has 0 spiro atoms. The van der Waals surface area contributed by atoms with E-state index in [1.54, 1.807) is 28.7 Å². The van der Waals surface area contributed by atoms with Gasteiger partial charge in [-0.25, -0.2) is 0 Å². The number of thioether (sulfide) groups is 1. The van der Waals surface area contributed by atoms with Crippen molar-refractivity contribution >= 4 is 29.3 Å². The third kappa shape index (κ3) is 4.53. The minimum absolute atomic E-state index is 0.0558. The van der Waals surface area contributed by atoms with Crippen LogP contribution < -0.4 is 5.32 Å². The Hall–Kier alpha value is -2.12. The number of likely N-dealkylation sites (tertiary alicyclic amines) is 1. The predicted molar refractivity (Wildman–Crippen MR) is 104 cm³/mol. The lowest BCUT2D eigenvalue weighted by Crippen LogP contribution is -2.42. The van der Waals surface area contributed by atoms with Crippen molar-refractivity contribution in [1.82, 2.24) is 14.7 Å². The van der Waals surface area contributed by atoms with Gasteiger partial charge in [0.2, 0.25) is 5.91 Å². The van der Waals surface area contributed by atoms with Gasteiger partial charge in [-0.3, -0.25) is 19.2 Å². The van der Waals surface area contributed by atoms with Crippen molar-refractivity contribution in [2.24, 2.45) is 13.0 Å². The van der Waals surface area contributed by atoms with E-state index in [0.717, 1.165) is 29.8 Å². The molecule has 1 aromatic heterocycles. The van der Waals surface area contributed by atoms with Crippen LogP contribution in [0.1, 0.15) is 23.2 Å². The molecule has 3 rings (SSSR count). The van der Waals surface area contributed by atoms with Gasteiger partial charge in [0.1, 0.15) is 0 Å². The first-order valence-corrected chi connectivity index (χ1v) is 9.98. The average Bonchev–Trinajstić information content (AvgIpc) is 3.05. The van der Waals surface area contributed by atoms with E-state index in [0.29, 0.717) is 12.4 Å². The summed E-state index contributed by atoms with van der Waals surface area (Å²) in [5.41, 5.74) is 0.796. The molecular weight excluding hydrogens is 348 g/mol. The number of nitrogens with one attached hydrogen (secondary N) is 1. The highest BCUT2D eigenvalue weighted by molar-refractivity contribution is 7.98. The molecule has 0 saturated carbocycles. The van der Waals surface area contributed by atoms with Crippen LogP contribution in [0.3, 0.4) is 0 Å². The summed E-state index contributed by atoms with van der Waals surface area (Å²) < 4.78 is 1.65. The molecule has 0 aliphatic carbocycles. The van der Waals surface area contributed by atoms with Crippen LogP contribution in [0, 0.1) is 5.92 Å². The number of rotatable bonds is 6. The molecule has 26 heavy (non-hydrogen) atoms. The molecule has 1 fully saturated rings. The van der Waals surface area contributed by atoms with Crippen LogP contribution in [0.15, 0.2) is 41.4 Å². The zero-order valence-electron chi connectivity index (χ0n) is 15.1. The highest BCUT2D eigenvalue weighted by Gasteiger charge is 2.28. The molecule has 1 saturated heterocycles. The number of hydrogen-bond donors (Lipinski definition) is 1. The topological polar surface area (TPSA) is 67.2 Å². The van der Waals surface area contributed by atoms with Gasteiger partial charge in [0.15, 0.2) is 11.6 Å². The minimum Gasteiger partial charge on any atom is -0.308 e. The van der Waals surface area contributed by atoms with E-state index < -0.39 is 0 Å². The average molecular weight is 372 g/mol. The zero-order chi connectivity index (χ0) is 18.5. The molecule has 138 valence electrons. The molecule has 0 bridgehead atoms. The summed E-state index contributed by atoms with van der Waals surface area (Å²) in [7, 11) is 1.81. The van der Waals surface area contributed by atoms with Crippen LogP contribution in [0.2, 0.25) is 0 Å². The molecule has 1 aliphatic rings. The van der Waals surface area contributed by atoms with E-state index >= 15 is 0 Å². The number of anilines is 1. The van der Waals surface area contributed by atoms with Gasteiger partial charge in [-0.15, -0.1) is 11.8 Å². The van der Waals surface area contributed by atoms with Crippen molar-refractivity contribution < 1.29 is 9.59 Å². The normalized spacial score (nSPS) is 17.8. The van der Waals surface area contributed by atoms with Gasteiger partial charge >= 0.3 is 0 Å². The number of aryl methyl sites for hydroxylation is 1. The van der Waals surface area contributed by atoms with Crippen LogP contribution in [0.25, 0.3) is 0 Å². The summed E-state index contributed by atoms with van der Waals surface area (Å²) in [6.07, 6.45) is 5.57. The number of aromatic nitrogens is 2. The standard InChI is InChI=1S/C19H24N4O2S/c1-22-11-9-17(21-22)20-18(24)13-23-10-5-6-14(12-23)19(25)15-7-3-4-8-16(15)26-2/h3-4,7-9,11,14H,5-6,10,12-13H2,1-2H3,(H,20,21,24)/t14-/m0/s1. The lowest BCUT2D eigenvalue weighted by molar-refractivity contribution is -0.117. The maximum Gasteiger partial charge on any atom is 0.239 e. The van der Waals surface area contributed by atoms with Crippen molar-refractivity contribution in [2.75, 3.05) is 31.2 Å². The number of nitrogens with zero attached hydrogens (tertiary/aromatic N) is 3. The third-order valence-corrected chi connectivity index (χ3v) is 5.39. The summed E-state index contributed by atoms with van der Waals surface area (Å²) in [4.78, 5) is 28.3. The van der Waals surface area contributed by atoms with Crippen molar-refractivity contribution in [3.8, 4) is 0 Å². The van der Waals surface area contributed by atoms with Crippen molar-refractivity contribution in [2.45, 2.75) is 17.7 Å². The molecule has 2 heterocycles. The number of hydrogen-bond acceptors (Lipinski definition) is 5. The maximum absolute atomic E-state index is 13.0. The van der Waals surface area contributed by atoms with Crippen LogP contribution >= 0.6 is 11.8 Å². The zero-order valence-corrected chi connectivity index (χ0v) is 16.0. The molecule has 7 heteroatoms. The molecule has 1 amide bonds. The predicted octanol–water partition coefficient (Wildman–Crippen LogP) is 2.68. The van der Waals surface area contributed by atoms with E-state index in [1.807, 2.05) is 37.6 Å². The Balaban J connectivity index is 1.60. The van der Waals surface area contributed by atoms with Crippen LogP contribution in [-0.2, 0) is 11.8 Å². The van der Waals surface area contributed by atoms with Crippen LogP contribution in [-0.4, -0.2) is 52.3 Å². The fraction of sp³-hybridized carbons (Fsp3) is 0.421. The molecular formula is C19H24N4O2S. The van der Waals surface area contributed by atoms with Gasteiger partial charge in [0, 0.05) is 42.2 Å². The molecule has 1 atom stereocenters. The first-order chi connectivity index (χ1) is 12.6. The minimum atomic E-state index is -0.0960. The van der Waals surface area contributed by atoms with Crippen molar-refractivity contribution in [1.29, 1.82) is 0 Å². The summed E-state index contributed by atoms with van der Waals surface area (Å²) in [6.45, 7) is 1.74. The van der Waals surface area contributed by atoms with E-state index in [9.17, 15) is 9.59 Å². The smallest absolute Gasteiger partial charge is 0.239 e. The molecule has 0 unspecified atom stereocenters. The Morgan fingerprint density at radius 2 is 2.12 bits per heavy atom. The fourth-order valence-corrected chi connectivity index (χ4v) is 3.95. The summed E-state index contributed by atoms with van der Waals surface area (Å²) >= 11 is 1.59.